The van der Waals surface area contributed by atoms with Crippen molar-refractivity contribution in [2.45, 2.75) is 25.8 Å². The van der Waals surface area contributed by atoms with Crippen LogP contribution in [0.4, 0.5) is 11.4 Å². The van der Waals surface area contributed by atoms with E-state index in [1.54, 1.807) is 50.6 Å². The molecule has 1 aliphatic rings. The summed E-state index contributed by atoms with van der Waals surface area (Å²) in [5.41, 5.74) is 1.41. The van der Waals surface area contributed by atoms with Crippen LogP contribution in [0.2, 0.25) is 0 Å². The number of rotatable bonds is 6. The zero-order valence-electron chi connectivity index (χ0n) is 18.5. The highest BCUT2D eigenvalue weighted by Gasteiger charge is 2.43. The van der Waals surface area contributed by atoms with Crippen LogP contribution in [-0.2, 0) is 25.5 Å². The Morgan fingerprint density at radius 2 is 1.94 bits per heavy atom. The molecule has 0 saturated carbocycles. The lowest BCUT2D eigenvalue weighted by Gasteiger charge is -2.41. The summed E-state index contributed by atoms with van der Waals surface area (Å²) in [5, 5.41) is 5.34. The van der Waals surface area contributed by atoms with Gasteiger partial charge in [0.05, 0.1) is 30.6 Å². The van der Waals surface area contributed by atoms with E-state index >= 15 is 0 Å². The highest BCUT2D eigenvalue weighted by Crippen LogP contribution is 2.36. The van der Waals surface area contributed by atoms with Crippen molar-refractivity contribution < 1.29 is 23.9 Å². The molecule has 2 heterocycles. The van der Waals surface area contributed by atoms with Crippen LogP contribution in [0, 0.1) is 0 Å². The monoisotopic (exact) mass is 465 g/mol. The maximum absolute atomic E-state index is 13.0. The normalized spacial score (nSPS) is 14.3. The smallest absolute Gasteiger partial charge is 0.312 e. The second-order valence-electron chi connectivity index (χ2n) is 7.97. The van der Waals surface area contributed by atoms with Gasteiger partial charge in [0.1, 0.15) is 16.3 Å². The lowest BCUT2D eigenvalue weighted by Crippen LogP contribution is -2.59. The van der Waals surface area contributed by atoms with E-state index in [1.807, 2.05) is 24.3 Å². The molecule has 9 heteroatoms. The van der Waals surface area contributed by atoms with Crippen molar-refractivity contribution in [1.29, 1.82) is 0 Å². The Morgan fingerprint density at radius 1 is 1.15 bits per heavy atom. The molecule has 4 rings (SSSR count). The van der Waals surface area contributed by atoms with Gasteiger partial charge in [-0.25, -0.2) is 4.98 Å². The number of nitrogens with one attached hydrogen (secondary N) is 1. The van der Waals surface area contributed by atoms with Crippen molar-refractivity contribution in [1.82, 2.24) is 4.98 Å². The molecule has 0 unspecified atom stereocenters. The van der Waals surface area contributed by atoms with Crippen molar-refractivity contribution in [2.75, 3.05) is 23.9 Å². The Labute approximate surface area is 195 Å². The Kier molecular flexibility index (Phi) is 6.15. The first-order valence-corrected chi connectivity index (χ1v) is 11.2. The van der Waals surface area contributed by atoms with Gasteiger partial charge in [0.15, 0.2) is 6.61 Å². The van der Waals surface area contributed by atoms with Crippen molar-refractivity contribution in [3.8, 4) is 16.3 Å². The molecule has 0 aliphatic carbocycles. The Balaban J connectivity index is 1.41. The average molecular weight is 466 g/mol. The third-order valence-electron chi connectivity index (χ3n) is 5.31. The minimum atomic E-state index is -1.13. The predicted molar refractivity (Wildman–Crippen MR) is 125 cm³/mol. The molecule has 2 amide bonds. The number of methoxy groups -OCH3 is 1. The Hall–Kier alpha value is -3.72. The van der Waals surface area contributed by atoms with E-state index in [1.165, 1.54) is 16.2 Å². The zero-order valence-corrected chi connectivity index (χ0v) is 19.3. The van der Waals surface area contributed by atoms with Crippen LogP contribution in [-0.4, -0.2) is 42.0 Å². The molecule has 0 spiro atoms. The number of anilines is 2. The van der Waals surface area contributed by atoms with Crippen LogP contribution in [0.1, 0.15) is 19.5 Å². The second-order valence-corrected chi connectivity index (χ2v) is 8.83. The summed E-state index contributed by atoms with van der Waals surface area (Å²) in [6.45, 7) is 2.82. The van der Waals surface area contributed by atoms with Gasteiger partial charge in [-0.3, -0.25) is 19.3 Å². The number of aromatic nitrogens is 1. The number of hydrogen-bond acceptors (Lipinski definition) is 7. The first-order chi connectivity index (χ1) is 15.8. The van der Waals surface area contributed by atoms with Crippen LogP contribution in [0.3, 0.4) is 0 Å². The van der Waals surface area contributed by atoms with Gasteiger partial charge in [0.25, 0.3) is 5.91 Å². The maximum Gasteiger partial charge on any atom is 0.312 e. The van der Waals surface area contributed by atoms with Gasteiger partial charge >= 0.3 is 5.97 Å². The van der Waals surface area contributed by atoms with Gasteiger partial charge in [-0.05, 0) is 38.1 Å². The fourth-order valence-corrected chi connectivity index (χ4v) is 4.40. The number of esters is 1. The number of para-hydroxylation sites is 2. The van der Waals surface area contributed by atoms with Crippen LogP contribution in [0.5, 0.6) is 5.75 Å². The Morgan fingerprint density at radius 3 is 2.73 bits per heavy atom. The van der Waals surface area contributed by atoms with Crippen molar-refractivity contribution >= 4 is 40.5 Å². The van der Waals surface area contributed by atoms with Gasteiger partial charge in [-0.15, -0.1) is 11.3 Å². The van der Waals surface area contributed by atoms with Crippen LogP contribution in [0.15, 0.2) is 53.9 Å². The molecule has 0 bridgehead atoms. The summed E-state index contributed by atoms with van der Waals surface area (Å²) in [4.78, 5) is 43.7. The molecule has 1 aromatic heterocycles. The number of nitrogens with zero attached hydrogens (tertiary/aromatic N) is 2. The topological polar surface area (TPSA) is 97.8 Å². The predicted octanol–water partition coefficient (Wildman–Crippen LogP) is 3.67. The highest BCUT2D eigenvalue weighted by molar-refractivity contribution is 7.13. The van der Waals surface area contributed by atoms with Crippen molar-refractivity contribution in [2.24, 2.45) is 0 Å². The summed E-state index contributed by atoms with van der Waals surface area (Å²) in [5.74, 6) is -0.643. The molecule has 8 nitrogen and oxygen atoms in total. The summed E-state index contributed by atoms with van der Waals surface area (Å²) >= 11 is 1.41. The molecule has 0 saturated heterocycles. The second kappa shape index (κ2) is 9.03. The van der Waals surface area contributed by atoms with Crippen molar-refractivity contribution in [3.05, 3.63) is 59.6 Å². The first kappa shape index (κ1) is 22.5. The molecule has 0 radical (unpaired) electrons. The molecule has 33 heavy (non-hydrogen) atoms. The molecular weight excluding hydrogens is 442 g/mol. The number of hydrogen-bond donors (Lipinski definition) is 1. The fourth-order valence-electron chi connectivity index (χ4n) is 3.58. The van der Waals surface area contributed by atoms with Crippen molar-refractivity contribution in [3.63, 3.8) is 0 Å². The Bertz CT molecular complexity index is 1220. The first-order valence-electron chi connectivity index (χ1n) is 10.3. The van der Waals surface area contributed by atoms with Gasteiger partial charge in [0.2, 0.25) is 5.91 Å². The average Bonchev–Trinajstić information content (AvgIpc) is 3.26. The number of ether oxygens (including phenoxy) is 2. The standard InChI is InChI=1S/C24H23N3O5S/c1-24(2)23(30)26-18-9-4-5-10-19(18)27(24)20(28)13-32-21(29)12-16-14-33-22(25-16)15-7-6-8-17(11-15)31-3/h4-11,14H,12-13H2,1-3H3,(H,26,30). The van der Waals surface area contributed by atoms with E-state index in [-0.39, 0.29) is 12.3 Å². The minimum Gasteiger partial charge on any atom is -0.497 e. The molecule has 2 aromatic carbocycles. The molecule has 1 N–H and O–H groups in total. The lowest BCUT2D eigenvalue weighted by atomic mass is 9.96. The van der Waals surface area contributed by atoms with E-state index in [4.69, 9.17) is 9.47 Å². The van der Waals surface area contributed by atoms with E-state index in [0.717, 1.165) is 16.3 Å². The number of thiazole rings is 1. The molecule has 170 valence electrons. The largest absolute Gasteiger partial charge is 0.497 e. The van der Waals surface area contributed by atoms with Crippen LogP contribution < -0.4 is 15.0 Å². The van der Waals surface area contributed by atoms with Gasteiger partial charge < -0.3 is 14.8 Å². The van der Waals surface area contributed by atoms with E-state index < -0.39 is 24.0 Å². The molecule has 0 fully saturated rings. The highest BCUT2D eigenvalue weighted by atomic mass is 32.1. The number of benzene rings is 2. The lowest BCUT2D eigenvalue weighted by molar-refractivity contribution is -0.147. The van der Waals surface area contributed by atoms with Crippen LogP contribution >= 0.6 is 11.3 Å². The zero-order chi connectivity index (χ0) is 23.6. The van der Waals surface area contributed by atoms with Gasteiger partial charge in [-0.1, -0.05) is 24.3 Å². The SMILES string of the molecule is COc1cccc(-c2nc(CC(=O)OCC(=O)N3c4ccccc4NC(=O)C3(C)C)cs2)c1. The van der Waals surface area contributed by atoms with E-state index in [2.05, 4.69) is 10.3 Å². The van der Waals surface area contributed by atoms with Gasteiger partial charge in [-0.2, -0.15) is 0 Å². The molecule has 3 aromatic rings. The summed E-state index contributed by atoms with van der Waals surface area (Å²) in [7, 11) is 1.60. The summed E-state index contributed by atoms with van der Waals surface area (Å²) in [6, 6.07) is 14.5. The minimum absolute atomic E-state index is 0.0613. The molecule has 1 aliphatic heterocycles. The number of carbonyl (C=O) groups excluding carboxylic acids is 3. The number of fused-ring (bicyclic) bond motifs is 1. The van der Waals surface area contributed by atoms with E-state index in [0.29, 0.717) is 17.1 Å². The van der Waals surface area contributed by atoms with E-state index in [9.17, 15) is 14.4 Å². The number of amides is 2. The third kappa shape index (κ3) is 4.58. The quantitative estimate of drug-likeness (QED) is 0.558. The third-order valence-corrected chi connectivity index (χ3v) is 6.25. The maximum atomic E-state index is 13.0. The number of carbonyl (C=O) groups is 3. The van der Waals surface area contributed by atoms with Gasteiger partial charge in [0, 0.05) is 10.9 Å². The fraction of sp³-hybridized carbons (Fsp3) is 0.250. The summed E-state index contributed by atoms with van der Waals surface area (Å²) < 4.78 is 10.5. The molecular formula is C24H23N3O5S. The van der Waals surface area contributed by atoms with Crippen LogP contribution in [0.25, 0.3) is 10.6 Å². The summed E-state index contributed by atoms with van der Waals surface area (Å²) in [6.07, 6.45) is -0.0613. The molecule has 0 atom stereocenters.